The molecule has 5 nitrogen and oxygen atoms in total. The molecule has 7 atom stereocenters. The standard InChI is InChI=1S/C20H28O5/c1-18-7-5-12(21)9-11(18)3-4-13-14-6-8-20(25,17(23)24)19(14,2)10-15(22)16(13)18/h9,13-16,22,25H,3-8,10H2,1-2H3,(H,23,24)/t13-,14-,15-,16+,18-,19-,20-/m0/s1. The van der Waals surface area contributed by atoms with Gasteiger partial charge in [-0.3, -0.25) is 4.79 Å². The highest BCUT2D eigenvalue weighted by atomic mass is 16.4. The zero-order chi connectivity index (χ0) is 18.2. The van der Waals surface area contributed by atoms with E-state index in [0.29, 0.717) is 19.3 Å². The number of hydrogen-bond donors (Lipinski definition) is 3. The molecule has 4 rings (SSSR count). The Hall–Kier alpha value is -1.20. The molecule has 0 saturated heterocycles. The first-order valence-electron chi connectivity index (χ1n) is 9.51. The van der Waals surface area contributed by atoms with Crippen LogP contribution < -0.4 is 0 Å². The minimum atomic E-state index is -1.75. The van der Waals surface area contributed by atoms with Gasteiger partial charge in [0, 0.05) is 11.8 Å². The van der Waals surface area contributed by atoms with E-state index >= 15 is 0 Å². The molecular weight excluding hydrogens is 320 g/mol. The van der Waals surface area contributed by atoms with Gasteiger partial charge in [0.05, 0.1) is 6.10 Å². The Balaban J connectivity index is 1.75. The van der Waals surface area contributed by atoms with E-state index in [2.05, 4.69) is 6.92 Å². The molecule has 0 radical (unpaired) electrons. The van der Waals surface area contributed by atoms with Crippen molar-refractivity contribution in [2.75, 3.05) is 0 Å². The lowest BCUT2D eigenvalue weighted by atomic mass is 9.45. The summed E-state index contributed by atoms with van der Waals surface area (Å²) in [4.78, 5) is 23.7. The first-order valence-corrected chi connectivity index (χ1v) is 9.51. The molecule has 3 fully saturated rings. The maximum atomic E-state index is 11.9. The lowest BCUT2D eigenvalue weighted by Gasteiger charge is -2.60. The van der Waals surface area contributed by atoms with E-state index in [1.807, 2.05) is 6.92 Å². The molecule has 3 saturated carbocycles. The van der Waals surface area contributed by atoms with Crippen molar-refractivity contribution >= 4 is 11.8 Å². The molecule has 0 bridgehead atoms. The Morgan fingerprint density at radius 1 is 1.20 bits per heavy atom. The SMILES string of the molecule is C[C@]12CCC(=O)C=C1CC[C@@H]1[C@@H]2[C@@H](O)C[C@@]2(C)[C@H]1CC[C@]2(O)C(=O)O. The molecule has 138 valence electrons. The van der Waals surface area contributed by atoms with Crippen LogP contribution in [-0.4, -0.2) is 38.8 Å². The van der Waals surface area contributed by atoms with E-state index in [-0.39, 0.29) is 35.4 Å². The maximum Gasteiger partial charge on any atom is 0.336 e. The number of carbonyl (C=O) groups is 2. The molecule has 5 heteroatoms. The molecule has 0 heterocycles. The smallest absolute Gasteiger partial charge is 0.336 e. The van der Waals surface area contributed by atoms with E-state index in [4.69, 9.17) is 0 Å². The summed E-state index contributed by atoms with van der Waals surface area (Å²) in [6.07, 6.45) is 5.43. The van der Waals surface area contributed by atoms with Gasteiger partial charge in [-0.25, -0.2) is 4.79 Å². The van der Waals surface area contributed by atoms with Gasteiger partial charge in [-0.05, 0) is 67.8 Å². The summed E-state index contributed by atoms with van der Waals surface area (Å²) < 4.78 is 0. The van der Waals surface area contributed by atoms with Crippen LogP contribution in [0.5, 0.6) is 0 Å². The molecule has 0 aromatic rings. The average molecular weight is 348 g/mol. The minimum Gasteiger partial charge on any atom is -0.479 e. The number of carbonyl (C=O) groups excluding carboxylic acids is 1. The van der Waals surface area contributed by atoms with Gasteiger partial charge in [0.15, 0.2) is 11.4 Å². The zero-order valence-corrected chi connectivity index (χ0v) is 15.0. The molecule has 3 N–H and O–H groups in total. The molecule has 4 aliphatic carbocycles. The van der Waals surface area contributed by atoms with E-state index < -0.39 is 23.1 Å². The summed E-state index contributed by atoms with van der Waals surface area (Å²) in [6, 6.07) is 0. The average Bonchev–Trinajstić information content (AvgIpc) is 2.80. The van der Waals surface area contributed by atoms with Crippen molar-refractivity contribution in [1.29, 1.82) is 0 Å². The van der Waals surface area contributed by atoms with Gasteiger partial charge in [0.2, 0.25) is 0 Å². The fraction of sp³-hybridized carbons (Fsp3) is 0.800. The molecule has 0 aromatic carbocycles. The normalized spacial score (nSPS) is 52.0. The Morgan fingerprint density at radius 2 is 1.92 bits per heavy atom. The van der Waals surface area contributed by atoms with Crippen LogP contribution in [0.25, 0.3) is 0 Å². The van der Waals surface area contributed by atoms with E-state index in [1.54, 1.807) is 6.08 Å². The predicted molar refractivity (Wildman–Crippen MR) is 90.7 cm³/mol. The van der Waals surface area contributed by atoms with Crippen LogP contribution in [0.15, 0.2) is 11.6 Å². The summed E-state index contributed by atoms with van der Waals surface area (Å²) in [5, 5.41) is 31.6. The van der Waals surface area contributed by atoms with E-state index in [9.17, 15) is 24.9 Å². The highest BCUT2D eigenvalue weighted by Gasteiger charge is 2.68. The van der Waals surface area contributed by atoms with Crippen LogP contribution in [0.2, 0.25) is 0 Å². The molecule has 0 aromatic heterocycles. The van der Waals surface area contributed by atoms with Crippen molar-refractivity contribution in [2.45, 2.75) is 70.5 Å². The summed E-state index contributed by atoms with van der Waals surface area (Å²) in [5.41, 5.74) is -1.55. The van der Waals surface area contributed by atoms with Crippen molar-refractivity contribution in [3.63, 3.8) is 0 Å². The Labute approximate surface area is 148 Å². The first kappa shape index (κ1) is 17.2. The van der Waals surface area contributed by atoms with Crippen molar-refractivity contribution in [3.05, 3.63) is 11.6 Å². The predicted octanol–water partition coefficient (Wildman–Crippen LogP) is 2.30. The number of aliphatic hydroxyl groups is 2. The highest BCUT2D eigenvalue weighted by molar-refractivity contribution is 5.91. The van der Waals surface area contributed by atoms with Crippen molar-refractivity contribution in [1.82, 2.24) is 0 Å². The van der Waals surface area contributed by atoms with E-state index in [1.165, 1.54) is 5.57 Å². The van der Waals surface area contributed by atoms with Gasteiger partial charge in [-0.1, -0.05) is 19.4 Å². The largest absolute Gasteiger partial charge is 0.479 e. The quantitative estimate of drug-likeness (QED) is 0.676. The molecule has 4 aliphatic rings. The fourth-order valence-corrected chi connectivity index (χ4v) is 7.04. The maximum absolute atomic E-state index is 11.9. The Bertz CT molecular complexity index is 669. The number of carboxylic acids is 1. The summed E-state index contributed by atoms with van der Waals surface area (Å²) in [5.74, 6) is -0.610. The van der Waals surface area contributed by atoms with Crippen LogP contribution in [0.3, 0.4) is 0 Å². The second-order valence-corrected chi connectivity index (χ2v) is 9.28. The third-order valence-corrected chi connectivity index (χ3v) is 8.40. The van der Waals surface area contributed by atoms with Gasteiger partial charge >= 0.3 is 5.97 Å². The van der Waals surface area contributed by atoms with Crippen molar-refractivity contribution < 1.29 is 24.9 Å². The Kier molecular flexibility index (Phi) is 3.56. The van der Waals surface area contributed by atoms with Gasteiger partial charge in [0.25, 0.3) is 0 Å². The minimum absolute atomic E-state index is 0.0508. The van der Waals surface area contributed by atoms with Crippen LogP contribution in [0.4, 0.5) is 0 Å². The number of fused-ring (bicyclic) bond motifs is 5. The fourth-order valence-electron chi connectivity index (χ4n) is 7.04. The molecule has 0 unspecified atom stereocenters. The number of allylic oxidation sites excluding steroid dienone is 1. The molecule has 0 aliphatic heterocycles. The van der Waals surface area contributed by atoms with Crippen molar-refractivity contribution in [2.24, 2.45) is 28.6 Å². The summed E-state index contributed by atoms with van der Waals surface area (Å²) in [7, 11) is 0. The van der Waals surface area contributed by atoms with E-state index in [0.717, 1.165) is 19.3 Å². The zero-order valence-electron chi connectivity index (χ0n) is 15.0. The summed E-state index contributed by atoms with van der Waals surface area (Å²) >= 11 is 0. The third kappa shape index (κ3) is 2.02. The van der Waals surface area contributed by atoms with Crippen LogP contribution in [-0.2, 0) is 9.59 Å². The second kappa shape index (κ2) is 5.17. The number of aliphatic carboxylic acids is 1. The summed E-state index contributed by atoms with van der Waals surface area (Å²) in [6.45, 7) is 4.03. The van der Waals surface area contributed by atoms with Crippen LogP contribution >= 0.6 is 0 Å². The first-order chi connectivity index (χ1) is 11.6. The number of carboxylic acid groups (broad SMARTS) is 1. The molecule has 0 spiro atoms. The lowest BCUT2D eigenvalue weighted by molar-refractivity contribution is -0.194. The third-order valence-electron chi connectivity index (χ3n) is 8.40. The van der Waals surface area contributed by atoms with Crippen molar-refractivity contribution in [3.8, 4) is 0 Å². The topological polar surface area (TPSA) is 94.8 Å². The molecule has 25 heavy (non-hydrogen) atoms. The second-order valence-electron chi connectivity index (χ2n) is 9.28. The van der Waals surface area contributed by atoms with Gasteiger partial charge in [-0.2, -0.15) is 0 Å². The number of hydrogen-bond acceptors (Lipinski definition) is 4. The lowest BCUT2D eigenvalue weighted by Crippen LogP contribution is -2.61. The van der Waals surface area contributed by atoms with Gasteiger partial charge < -0.3 is 15.3 Å². The number of rotatable bonds is 1. The Morgan fingerprint density at radius 3 is 2.60 bits per heavy atom. The number of ketones is 1. The van der Waals surface area contributed by atoms with Gasteiger partial charge in [-0.15, -0.1) is 0 Å². The van der Waals surface area contributed by atoms with Gasteiger partial charge in [0.1, 0.15) is 0 Å². The highest BCUT2D eigenvalue weighted by Crippen LogP contribution is 2.67. The monoisotopic (exact) mass is 348 g/mol. The number of aliphatic hydroxyl groups excluding tert-OH is 1. The van der Waals surface area contributed by atoms with Crippen LogP contribution in [0, 0.1) is 28.6 Å². The van der Waals surface area contributed by atoms with Crippen LogP contribution in [0.1, 0.15) is 58.8 Å². The molecular formula is C20H28O5. The molecule has 0 amide bonds.